The Balaban J connectivity index is 4.13. The van der Waals surface area contributed by atoms with E-state index in [1.54, 1.807) is 13.8 Å². The maximum atomic E-state index is 11.5. The van der Waals surface area contributed by atoms with Crippen LogP contribution in [0.15, 0.2) is 0 Å². The fraction of sp³-hybridized carbons (Fsp3) is 1.00. The molecule has 0 amide bonds. The van der Waals surface area contributed by atoms with Gasteiger partial charge in [0.15, 0.2) is 0 Å². The molecule has 0 aliphatic rings. The first kappa shape index (κ1) is 14.8. The van der Waals surface area contributed by atoms with Gasteiger partial charge in [0.05, 0.1) is 5.75 Å². The van der Waals surface area contributed by atoms with Gasteiger partial charge in [0, 0.05) is 25.9 Å². The molecule has 0 aromatic rings. The summed E-state index contributed by atoms with van der Waals surface area (Å²) in [6, 6.07) is 0. The predicted octanol–water partition coefficient (Wildman–Crippen LogP) is 0.103. The molecule has 0 fully saturated rings. The molecule has 0 aliphatic heterocycles. The van der Waals surface area contributed by atoms with Crippen molar-refractivity contribution in [1.82, 2.24) is 4.72 Å². The van der Waals surface area contributed by atoms with Crippen LogP contribution in [0.1, 0.15) is 26.7 Å². The number of hydrogen-bond acceptors (Lipinski definition) is 4. The van der Waals surface area contributed by atoms with Gasteiger partial charge in [0.2, 0.25) is 10.0 Å². The Hall–Kier alpha value is -0.170. The van der Waals surface area contributed by atoms with Crippen LogP contribution in [0.4, 0.5) is 0 Å². The van der Waals surface area contributed by atoms with Gasteiger partial charge in [0.1, 0.15) is 0 Å². The van der Waals surface area contributed by atoms with Crippen LogP contribution in [0.2, 0.25) is 0 Å². The molecule has 5 nitrogen and oxygen atoms in total. The summed E-state index contributed by atoms with van der Waals surface area (Å²) in [6.07, 6.45) is 0.873. The van der Waals surface area contributed by atoms with Crippen LogP contribution in [0.3, 0.4) is 0 Å². The third-order valence-electron chi connectivity index (χ3n) is 1.93. The van der Waals surface area contributed by atoms with Crippen molar-refractivity contribution in [2.24, 2.45) is 0 Å². The Bertz CT molecular complexity index is 261. The molecule has 0 unspecified atom stereocenters. The van der Waals surface area contributed by atoms with Crippen molar-refractivity contribution in [1.29, 1.82) is 0 Å². The van der Waals surface area contributed by atoms with E-state index in [0.717, 1.165) is 0 Å². The standard InChI is InChI=1S/C9H21NO4S/c1-9(2,5-6-11)10-15(12,13)8-4-7-14-3/h10-11H,4-8H2,1-3H3. The largest absolute Gasteiger partial charge is 0.396 e. The molecular weight excluding hydrogens is 218 g/mol. The lowest BCUT2D eigenvalue weighted by atomic mass is 10.0. The molecule has 92 valence electrons. The molecule has 0 saturated heterocycles. The number of nitrogens with one attached hydrogen (secondary N) is 1. The van der Waals surface area contributed by atoms with Gasteiger partial charge in [-0.15, -0.1) is 0 Å². The second-order valence-electron chi connectivity index (χ2n) is 4.12. The summed E-state index contributed by atoms with van der Waals surface area (Å²) in [5.41, 5.74) is -0.597. The van der Waals surface area contributed by atoms with E-state index in [0.29, 0.717) is 19.4 Å². The Morgan fingerprint density at radius 2 is 2.00 bits per heavy atom. The summed E-state index contributed by atoms with van der Waals surface area (Å²) in [5.74, 6) is 0.0513. The quantitative estimate of drug-likeness (QED) is 0.589. The second kappa shape index (κ2) is 6.42. The van der Waals surface area contributed by atoms with E-state index in [1.165, 1.54) is 7.11 Å². The van der Waals surface area contributed by atoms with Crippen LogP contribution in [-0.4, -0.2) is 45.1 Å². The van der Waals surface area contributed by atoms with Gasteiger partial charge < -0.3 is 9.84 Å². The van der Waals surface area contributed by atoms with Crippen LogP contribution < -0.4 is 4.72 Å². The maximum Gasteiger partial charge on any atom is 0.212 e. The molecule has 0 bridgehead atoms. The highest BCUT2D eigenvalue weighted by Crippen LogP contribution is 2.09. The average molecular weight is 239 g/mol. The SMILES string of the molecule is COCCCS(=O)(=O)NC(C)(C)CCO. The lowest BCUT2D eigenvalue weighted by Gasteiger charge is -2.24. The molecule has 6 heteroatoms. The second-order valence-corrected chi connectivity index (χ2v) is 5.97. The molecule has 0 radical (unpaired) electrons. The van der Waals surface area contributed by atoms with E-state index >= 15 is 0 Å². The summed E-state index contributed by atoms with van der Waals surface area (Å²) in [7, 11) is -1.74. The highest BCUT2D eigenvalue weighted by molar-refractivity contribution is 7.89. The predicted molar refractivity (Wildman–Crippen MR) is 59.2 cm³/mol. The van der Waals surface area contributed by atoms with Gasteiger partial charge in [-0.3, -0.25) is 0 Å². The number of hydrogen-bond donors (Lipinski definition) is 2. The lowest BCUT2D eigenvalue weighted by Crippen LogP contribution is -2.45. The molecule has 0 rings (SSSR count). The normalized spacial score (nSPS) is 13.1. The first-order valence-corrected chi connectivity index (χ1v) is 6.60. The molecule has 0 aromatic heterocycles. The number of rotatable bonds is 8. The van der Waals surface area contributed by atoms with Crippen molar-refractivity contribution in [3.8, 4) is 0 Å². The van der Waals surface area contributed by atoms with Crippen LogP contribution in [0.25, 0.3) is 0 Å². The van der Waals surface area contributed by atoms with Gasteiger partial charge in [-0.2, -0.15) is 0 Å². The third kappa shape index (κ3) is 7.72. The smallest absolute Gasteiger partial charge is 0.212 e. The zero-order valence-electron chi connectivity index (χ0n) is 9.62. The van der Waals surface area contributed by atoms with E-state index in [9.17, 15) is 8.42 Å². The fourth-order valence-electron chi connectivity index (χ4n) is 1.20. The van der Waals surface area contributed by atoms with Crippen LogP contribution >= 0.6 is 0 Å². The van der Waals surface area contributed by atoms with Crippen molar-refractivity contribution in [2.45, 2.75) is 32.2 Å². The van der Waals surface area contributed by atoms with E-state index in [-0.39, 0.29) is 12.4 Å². The maximum absolute atomic E-state index is 11.5. The molecule has 15 heavy (non-hydrogen) atoms. The first-order chi connectivity index (χ1) is 6.83. The number of ether oxygens (including phenoxy) is 1. The zero-order valence-corrected chi connectivity index (χ0v) is 10.4. The average Bonchev–Trinajstić information content (AvgIpc) is 2.01. The molecule has 0 heterocycles. The lowest BCUT2D eigenvalue weighted by molar-refractivity contribution is 0.199. The van der Waals surface area contributed by atoms with Gasteiger partial charge in [-0.05, 0) is 26.7 Å². The minimum Gasteiger partial charge on any atom is -0.396 e. The summed E-state index contributed by atoms with van der Waals surface area (Å²) in [6.45, 7) is 3.89. The fourth-order valence-corrected chi connectivity index (χ4v) is 2.74. The Morgan fingerprint density at radius 3 is 2.47 bits per heavy atom. The van der Waals surface area contributed by atoms with Gasteiger partial charge in [0.25, 0.3) is 0 Å². The molecule has 0 aromatic carbocycles. The molecule has 0 aliphatic carbocycles. The number of methoxy groups -OCH3 is 1. The van der Waals surface area contributed by atoms with Crippen LogP contribution in [-0.2, 0) is 14.8 Å². The Morgan fingerprint density at radius 1 is 1.40 bits per heavy atom. The first-order valence-electron chi connectivity index (χ1n) is 4.94. The summed E-state index contributed by atoms with van der Waals surface area (Å²) >= 11 is 0. The van der Waals surface area contributed by atoms with Crippen molar-refractivity contribution < 1.29 is 18.3 Å². The summed E-state index contributed by atoms with van der Waals surface area (Å²) in [5, 5.41) is 8.76. The highest BCUT2D eigenvalue weighted by Gasteiger charge is 2.23. The van der Waals surface area contributed by atoms with Gasteiger partial charge in [-0.1, -0.05) is 0 Å². The highest BCUT2D eigenvalue weighted by atomic mass is 32.2. The van der Waals surface area contributed by atoms with E-state index in [4.69, 9.17) is 9.84 Å². The van der Waals surface area contributed by atoms with Gasteiger partial charge >= 0.3 is 0 Å². The van der Waals surface area contributed by atoms with E-state index < -0.39 is 15.6 Å². The number of aliphatic hydroxyl groups is 1. The van der Waals surface area contributed by atoms with Crippen molar-refractivity contribution in [3.05, 3.63) is 0 Å². The minimum atomic E-state index is -3.27. The number of sulfonamides is 1. The molecule has 2 N–H and O–H groups in total. The molecule has 0 spiro atoms. The summed E-state index contributed by atoms with van der Waals surface area (Å²) < 4.78 is 30.4. The zero-order chi connectivity index (χ0) is 11.9. The van der Waals surface area contributed by atoms with Crippen molar-refractivity contribution in [2.75, 3.05) is 26.1 Å². The van der Waals surface area contributed by atoms with Crippen molar-refractivity contribution >= 4 is 10.0 Å². The number of aliphatic hydroxyl groups excluding tert-OH is 1. The Kier molecular flexibility index (Phi) is 6.35. The summed E-state index contributed by atoms with van der Waals surface area (Å²) in [4.78, 5) is 0. The Labute approximate surface area is 91.9 Å². The minimum absolute atomic E-state index is 0.0341. The van der Waals surface area contributed by atoms with Crippen LogP contribution in [0.5, 0.6) is 0 Å². The van der Waals surface area contributed by atoms with E-state index in [1.807, 2.05) is 0 Å². The molecule has 0 atom stereocenters. The van der Waals surface area contributed by atoms with Crippen LogP contribution in [0, 0.1) is 0 Å². The van der Waals surface area contributed by atoms with E-state index in [2.05, 4.69) is 4.72 Å². The van der Waals surface area contributed by atoms with Crippen molar-refractivity contribution in [3.63, 3.8) is 0 Å². The topological polar surface area (TPSA) is 75.6 Å². The molecule has 0 saturated carbocycles. The molecular formula is C9H21NO4S. The third-order valence-corrected chi connectivity index (χ3v) is 3.62. The monoisotopic (exact) mass is 239 g/mol. The van der Waals surface area contributed by atoms with Gasteiger partial charge in [-0.25, -0.2) is 13.1 Å².